The van der Waals surface area contributed by atoms with Gasteiger partial charge in [-0.1, -0.05) is 60.4 Å². The molecule has 5 rings (SSSR count). The first-order chi connectivity index (χ1) is 16.0. The summed E-state index contributed by atoms with van der Waals surface area (Å²) in [5.74, 6) is 1.69. The van der Waals surface area contributed by atoms with Gasteiger partial charge in [0.05, 0.1) is 17.1 Å². The van der Waals surface area contributed by atoms with Gasteiger partial charge in [-0.2, -0.15) is 0 Å². The van der Waals surface area contributed by atoms with Crippen molar-refractivity contribution in [1.82, 2.24) is 5.32 Å². The van der Waals surface area contributed by atoms with Crippen LogP contribution in [0.2, 0.25) is 0 Å². The van der Waals surface area contributed by atoms with E-state index in [0.717, 1.165) is 16.9 Å². The largest absolute Gasteiger partial charge is 0.482 e. The molecule has 164 valence electrons. The van der Waals surface area contributed by atoms with Crippen LogP contribution in [0.4, 0.5) is 5.69 Å². The van der Waals surface area contributed by atoms with Crippen molar-refractivity contribution in [2.24, 2.45) is 0 Å². The number of para-hydroxylation sites is 1. The number of fused-ring (bicyclic) bond motifs is 1. The lowest BCUT2D eigenvalue weighted by atomic mass is 10.1. The normalized spacial score (nSPS) is 16.4. The van der Waals surface area contributed by atoms with E-state index in [4.69, 9.17) is 21.7 Å². The molecule has 1 fully saturated rings. The minimum absolute atomic E-state index is 0.0276. The number of carbonyl (C=O) groups excluding carboxylic acids is 2. The first-order valence-corrected chi connectivity index (χ1v) is 11.4. The third-order valence-corrected chi connectivity index (χ3v) is 6.25. The van der Waals surface area contributed by atoms with Gasteiger partial charge in [0.1, 0.15) is 21.6 Å². The molecule has 8 heteroatoms. The number of nitrogens with one attached hydrogen (secondary N) is 1. The standard InChI is InChI=1S/C25H18N2O4S2/c28-23-15-30-21-10-9-16(13-22-24(29)26-25(32)33-22)12-20(21)27(23)14-17-5-4-8-19(11-17)31-18-6-2-1-3-7-18/h1-13H,14-15H2,(H,26,29,32). The smallest absolute Gasteiger partial charge is 0.265 e. The fourth-order valence-electron chi connectivity index (χ4n) is 3.57. The van der Waals surface area contributed by atoms with Crippen molar-refractivity contribution in [2.45, 2.75) is 6.54 Å². The molecule has 2 aliphatic rings. The second-order valence-electron chi connectivity index (χ2n) is 7.41. The van der Waals surface area contributed by atoms with Gasteiger partial charge in [-0.15, -0.1) is 0 Å². The second kappa shape index (κ2) is 9.09. The number of anilines is 1. The van der Waals surface area contributed by atoms with Gasteiger partial charge in [-0.05, 0) is 53.6 Å². The van der Waals surface area contributed by atoms with Gasteiger partial charge < -0.3 is 19.7 Å². The van der Waals surface area contributed by atoms with Gasteiger partial charge in [-0.3, -0.25) is 9.59 Å². The van der Waals surface area contributed by atoms with Gasteiger partial charge in [-0.25, -0.2) is 0 Å². The fourth-order valence-corrected chi connectivity index (χ4v) is 4.61. The van der Waals surface area contributed by atoms with Crippen molar-refractivity contribution < 1.29 is 19.1 Å². The molecule has 33 heavy (non-hydrogen) atoms. The Bertz CT molecular complexity index is 1290. The lowest BCUT2D eigenvalue weighted by Crippen LogP contribution is -2.38. The number of amides is 2. The number of thiocarbonyl (C=S) groups is 1. The van der Waals surface area contributed by atoms with Crippen LogP contribution in [0.3, 0.4) is 0 Å². The number of hydrogen-bond donors (Lipinski definition) is 1. The Morgan fingerprint density at radius 1 is 1.03 bits per heavy atom. The predicted octanol–water partition coefficient (Wildman–Crippen LogP) is 4.89. The summed E-state index contributed by atoms with van der Waals surface area (Å²) >= 11 is 6.27. The van der Waals surface area contributed by atoms with Crippen LogP contribution in [-0.2, 0) is 16.1 Å². The minimum Gasteiger partial charge on any atom is -0.482 e. The summed E-state index contributed by atoms with van der Waals surface area (Å²) in [5.41, 5.74) is 2.35. The van der Waals surface area contributed by atoms with Gasteiger partial charge in [0.2, 0.25) is 0 Å². The summed E-state index contributed by atoms with van der Waals surface area (Å²) in [6.45, 7) is 0.334. The summed E-state index contributed by atoms with van der Waals surface area (Å²) < 4.78 is 12.0. The average Bonchev–Trinajstić information content (AvgIpc) is 3.13. The topological polar surface area (TPSA) is 67.9 Å². The molecule has 0 aliphatic carbocycles. The molecule has 0 unspecified atom stereocenters. The zero-order valence-electron chi connectivity index (χ0n) is 17.3. The molecule has 0 saturated carbocycles. The van der Waals surface area contributed by atoms with Crippen LogP contribution in [0.1, 0.15) is 11.1 Å². The monoisotopic (exact) mass is 474 g/mol. The van der Waals surface area contributed by atoms with E-state index in [2.05, 4.69) is 5.32 Å². The van der Waals surface area contributed by atoms with E-state index in [-0.39, 0.29) is 18.4 Å². The highest BCUT2D eigenvalue weighted by atomic mass is 32.2. The molecule has 0 aromatic heterocycles. The molecule has 2 heterocycles. The van der Waals surface area contributed by atoms with Crippen molar-refractivity contribution in [3.05, 3.63) is 88.8 Å². The van der Waals surface area contributed by atoms with Gasteiger partial charge in [0, 0.05) is 0 Å². The van der Waals surface area contributed by atoms with E-state index in [9.17, 15) is 9.59 Å². The molecule has 2 amide bonds. The Labute approximate surface area is 200 Å². The van der Waals surface area contributed by atoms with Crippen LogP contribution in [0.15, 0.2) is 77.7 Å². The molecule has 1 saturated heterocycles. The van der Waals surface area contributed by atoms with Crippen molar-refractivity contribution in [3.8, 4) is 17.2 Å². The summed E-state index contributed by atoms with van der Waals surface area (Å²) in [4.78, 5) is 27.0. The maximum absolute atomic E-state index is 12.8. The van der Waals surface area contributed by atoms with E-state index in [1.807, 2.05) is 72.8 Å². The summed E-state index contributed by atoms with van der Waals surface area (Å²) in [6.07, 6.45) is 1.76. The van der Waals surface area contributed by atoms with Crippen LogP contribution >= 0.6 is 24.0 Å². The van der Waals surface area contributed by atoms with Gasteiger partial charge in [0.15, 0.2) is 6.61 Å². The summed E-state index contributed by atoms with van der Waals surface area (Å²) in [7, 11) is 0. The quantitative estimate of drug-likeness (QED) is 0.419. The SMILES string of the molecule is O=C1NC(=S)SC1=Cc1ccc2c(c1)N(Cc1cccc(Oc3ccccc3)c1)C(=O)CO2. The number of ether oxygens (including phenoxy) is 2. The molecule has 3 aromatic carbocycles. The highest BCUT2D eigenvalue weighted by molar-refractivity contribution is 8.26. The Morgan fingerprint density at radius 2 is 1.85 bits per heavy atom. The Morgan fingerprint density at radius 3 is 2.64 bits per heavy atom. The van der Waals surface area contributed by atoms with Crippen molar-refractivity contribution in [2.75, 3.05) is 11.5 Å². The minimum atomic E-state index is -0.220. The molecule has 1 N–H and O–H groups in total. The lowest BCUT2D eigenvalue weighted by Gasteiger charge is -2.30. The van der Waals surface area contributed by atoms with Crippen LogP contribution in [-0.4, -0.2) is 22.7 Å². The van der Waals surface area contributed by atoms with Gasteiger partial charge in [0.25, 0.3) is 11.8 Å². The number of nitrogens with zero attached hydrogens (tertiary/aromatic N) is 1. The molecule has 0 bridgehead atoms. The number of carbonyl (C=O) groups is 2. The van der Waals surface area contributed by atoms with Crippen LogP contribution in [0.25, 0.3) is 6.08 Å². The molecule has 0 spiro atoms. The molecule has 6 nitrogen and oxygen atoms in total. The zero-order valence-corrected chi connectivity index (χ0v) is 18.9. The second-order valence-corrected chi connectivity index (χ2v) is 9.13. The average molecular weight is 475 g/mol. The summed E-state index contributed by atoms with van der Waals surface area (Å²) in [5, 5.41) is 2.61. The van der Waals surface area contributed by atoms with Crippen molar-refractivity contribution in [3.63, 3.8) is 0 Å². The molecule has 3 aromatic rings. The van der Waals surface area contributed by atoms with Crippen LogP contribution in [0.5, 0.6) is 17.2 Å². The number of thioether (sulfide) groups is 1. The van der Waals surface area contributed by atoms with E-state index in [1.54, 1.807) is 11.0 Å². The Balaban J connectivity index is 1.41. The number of benzene rings is 3. The van der Waals surface area contributed by atoms with Crippen LogP contribution < -0.4 is 19.7 Å². The third kappa shape index (κ3) is 4.76. The van der Waals surface area contributed by atoms with E-state index >= 15 is 0 Å². The zero-order chi connectivity index (χ0) is 22.8. The maximum atomic E-state index is 12.8. The van der Waals surface area contributed by atoms with Gasteiger partial charge >= 0.3 is 0 Å². The molecular formula is C25H18N2O4S2. The van der Waals surface area contributed by atoms with Crippen molar-refractivity contribution >= 4 is 51.9 Å². The maximum Gasteiger partial charge on any atom is 0.265 e. The first kappa shape index (κ1) is 21.2. The highest BCUT2D eigenvalue weighted by Crippen LogP contribution is 2.36. The lowest BCUT2D eigenvalue weighted by molar-refractivity contribution is -0.121. The fraction of sp³-hybridized carbons (Fsp3) is 0.0800. The van der Waals surface area contributed by atoms with E-state index < -0.39 is 0 Å². The molecule has 0 atom stereocenters. The third-order valence-electron chi connectivity index (χ3n) is 5.08. The number of rotatable bonds is 5. The molecule has 2 aliphatic heterocycles. The molecular weight excluding hydrogens is 456 g/mol. The molecule has 0 radical (unpaired) electrons. The number of hydrogen-bond acceptors (Lipinski definition) is 6. The van der Waals surface area contributed by atoms with Crippen LogP contribution in [0, 0.1) is 0 Å². The van der Waals surface area contributed by atoms with E-state index in [1.165, 1.54) is 11.8 Å². The highest BCUT2D eigenvalue weighted by Gasteiger charge is 2.27. The summed E-state index contributed by atoms with van der Waals surface area (Å²) in [6, 6.07) is 22.7. The van der Waals surface area contributed by atoms with E-state index in [0.29, 0.717) is 33.0 Å². The Hall–Kier alpha value is -3.62. The van der Waals surface area contributed by atoms with Crippen molar-refractivity contribution in [1.29, 1.82) is 0 Å². The Kier molecular flexibility index (Phi) is 5.85. The first-order valence-electron chi connectivity index (χ1n) is 10.2. The predicted molar refractivity (Wildman–Crippen MR) is 132 cm³/mol.